The molecule has 17 heavy (non-hydrogen) atoms. The van der Waals surface area contributed by atoms with E-state index in [1.54, 1.807) is 0 Å². The molecule has 0 saturated heterocycles. The normalized spacial score (nSPS) is 14.1. The van der Waals surface area contributed by atoms with Crippen LogP contribution in [0.5, 0.6) is 0 Å². The Bertz CT molecular complexity index is 394. The van der Waals surface area contributed by atoms with Crippen LogP contribution in [0.3, 0.4) is 0 Å². The Morgan fingerprint density at radius 1 is 1.35 bits per heavy atom. The Morgan fingerprint density at radius 3 is 2.88 bits per heavy atom. The first-order valence-corrected chi connectivity index (χ1v) is 8.23. The molecule has 1 aliphatic rings. The van der Waals surface area contributed by atoms with Crippen molar-refractivity contribution >= 4 is 29.3 Å². The van der Waals surface area contributed by atoms with Gasteiger partial charge < -0.3 is 5.32 Å². The van der Waals surface area contributed by atoms with Gasteiger partial charge in [-0.2, -0.15) is 23.5 Å². The molecule has 0 atom stereocenters. The summed E-state index contributed by atoms with van der Waals surface area (Å²) < 4.78 is 0. The molecule has 1 aromatic rings. The maximum atomic E-state index is 4.67. The van der Waals surface area contributed by atoms with Gasteiger partial charge >= 0.3 is 0 Å². The molecule has 2 heterocycles. The number of hydrogen-bond acceptors (Lipinski definition) is 5. The molecule has 0 aliphatic carbocycles. The standard InChI is InChI=1S/C12H19N3S2/c1-8(2)4-16-7-11-14-10-6-17-5-9(10)12(13-3)15-11/h8H,4-7H2,1-3H3,(H,13,14,15). The molecule has 1 aliphatic heterocycles. The average molecular weight is 269 g/mol. The van der Waals surface area contributed by atoms with Gasteiger partial charge in [0.2, 0.25) is 0 Å². The molecule has 3 nitrogen and oxygen atoms in total. The molecule has 0 fully saturated rings. The summed E-state index contributed by atoms with van der Waals surface area (Å²) in [5, 5.41) is 3.19. The lowest BCUT2D eigenvalue weighted by atomic mass is 10.2. The summed E-state index contributed by atoms with van der Waals surface area (Å²) in [7, 11) is 1.94. The van der Waals surface area contributed by atoms with Gasteiger partial charge in [0, 0.05) is 24.1 Å². The molecule has 0 radical (unpaired) electrons. The van der Waals surface area contributed by atoms with Crippen LogP contribution in [-0.2, 0) is 17.3 Å². The third-order valence-corrected chi connectivity index (χ3v) is 4.88. The number of thioether (sulfide) groups is 2. The Balaban J connectivity index is 2.08. The fourth-order valence-electron chi connectivity index (χ4n) is 1.76. The van der Waals surface area contributed by atoms with E-state index in [1.807, 2.05) is 30.6 Å². The maximum Gasteiger partial charge on any atom is 0.140 e. The molecule has 0 saturated carbocycles. The van der Waals surface area contributed by atoms with Crippen LogP contribution in [-0.4, -0.2) is 22.8 Å². The van der Waals surface area contributed by atoms with Crippen molar-refractivity contribution in [2.24, 2.45) is 5.92 Å². The van der Waals surface area contributed by atoms with E-state index >= 15 is 0 Å². The number of hydrogen-bond donors (Lipinski definition) is 1. The van der Waals surface area contributed by atoms with Gasteiger partial charge in [0.05, 0.1) is 11.4 Å². The minimum atomic E-state index is 0.730. The molecule has 0 spiro atoms. The second-order valence-corrected chi connectivity index (χ2v) is 6.58. The van der Waals surface area contributed by atoms with Gasteiger partial charge in [-0.15, -0.1) is 0 Å². The number of aromatic nitrogens is 2. The summed E-state index contributed by atoms with van der Waals surface area (Å²) in [4.78, 5) is 9.27. The smallest absolute Gasteiger partial charge is 0.140 e. The van der Waals surface area contributed by atoms with Crippen molar-refractivity contribution in [3.63, 3.8) is 0 Å². The van der Waals surface area contributed by atoms with Crippen molar-refractivity contribution in [2.45, 2.75) is 31.1 Å². The second-order valence-electron chi connectivity index (χ2n) is 4.57. The SMILES string of the molecule is CNc1nc(CSCC(C)C)nc2c1CSC2. The molecular weight excluding hydrogens is 250 g/mol. The van der Waals surface area contributed by atoms with Crippen molar-refractivity contribution < 1.29 is 0 Å². The maximum absolute atomic E-state index is 4.67. The van der Waals surface area contributed by atoms with Crippen molar-refractivity contribution in [1.29, 1.82) is 0 Å². The first-order chi connectivity index (χ1) is 8.20. The van der Waals surface area contributed by atoms with Gasteiger partial charge in [-0.25, -0.2) is 9.97 Å². The second kappa shape index (κ2) is 5.96. The molecule has 1 aromatic heterocycles. The Labute approximate surface area is 112 Å². The summed E-state index contributed by atoms with van der Waals surface area (Å²) in [6.07, 6.45) is 0. The fourth-order valence-corrected chi connectivity index (χ4v) is 3.70. The summed E-state index contributed by atoms with van der Waals surface area (Å²) in [5.74, 6) is 6.91. The highest BCUT2D eigenvalue weighted by atomic mass is 32.2. The van der Waals surface area contributed by atoms with Gasteiger partial charge in [0.25, 0.3) is 0 Å². The van der Waals surface area contributed by atoms with Gasteiger partial charge in [0.1, 0.15) is 11.6 Å². The zero-order chi connectivity index (χ0) is 12.3. The predicted octanol–water partition coefficient (Wildman–Crippen LogP) is 3.15. The van der Waals surface area contributed by atoms with E-state index in [4.69, 9.17) is 0 Å². The third-order valence-electron chi connectivity index (χ3n) is 2.54. The summed E-state index contributed by atoms with van der Waals surface area (Å²) in [6, 6.07) is 0. The Hall–Kier alpha value is -0.420. The lowest BCUT2D eigenvalue weighted by Crippen LogP contribution is -2.05. The van der Waals surface area contributed by atoms with E-state index in [0.29, 0.717) is 0 Å². The minimum absolute atomic E-state index is 0.730. The van der Waals surface area contributed by atoms with Crippen LogP contribution in [0.2, 0.25) is 0 Å². The molecule has 0 unspecified atom stereocenters. The number of fused-ring (bicyclic) bond motifs is 1. The quantitative estimate of drug-likeness (QED) is 0.889. The van der Waals surface area contributed by atoms with Crippen molar-refractivity contribution in [1.82, 2.24) is 9.97 Å². The molecule has 0 bridgehead atoms. The van der Waals surface area contributed by atoms with Crippen LogP contribution in [0.15, 0.2) is 0 Å². The minimum Gasteiger partial charge on any atom is -0.373 e. The zero-order valence-electron chi connectivity index (χ0n) is 10.6. The van der Waals surface area contributed by atoms with Gasteiger partial charge in [-0.3, -0.25) is 0 Å². The third kappa shape index (κ3) is 3.28. The molecule has 2 rings (SSSR count). The highest BCUT2D eigenvalue weighted by molar-refractivity contribution is 7.98. The molecule has 5 heteroatoms. The monoisotopic (exact) mass is 269 g/mol. The van der Waals surface area contributed by atoms with Crippen molar-refractivity contribution in [3.8, 4) is 0 Å². The van der Waals surface area contributed by atoms with Crippen LogP contribution < -0.4 is 5.32 Å². The first kappa shape index (κ1) is 13.0. The zero-order valence-corrected chi connectivity index (χ0v) is 12.2. The van der Waals surface area contributed by atoms with E-state index < -0.39 is 0 Å². The topological polar surface area (TPSA) is 37.8 Å². The number of nitrogens with one attached hydrogen (secondary N) is 1. The lowest BCUT2D eigenvalue weighted by Gasteiger charge is -2.09. The number of nitrogens with zero attached hydrogens (tertiary/aromatic N) is 2. The van der Waals surface area contributed by atoms with E-state index in [-0.39, 0.29) is 0 Å². The van der Waals surface area contributed by atoms with Gasteiger partial charge in [-0.05, 0) is 11.7 Å². The van der Waals surface area contributed by atoms with Crippen LogP contribution >= 0.6 is 23.5 Å². The molecule has 94 valence electrons. The number of anilines is 1. The van der Waals surface area contributed by atoms with Crippen molar-refractivity contribution in [2.75, 3.05) is 18.1 Å². The Kier molecular flexibility index (Phi) is 4.56. The van der Waals surface area contributed by atoms with Crippen LogP contribution in [0.1, 0.15) is 30.9 Å². The van der Waals surface area contributed by atoms with E-state index in [9.17, 15) is 0 Å². The van der Waals surface area contributed by atoms with Gasteiger partial charge in [-0.1, -0.05) is 13.8 Å². The molecule has 1 N–H and O–H groups in total. The molecular formula is C12H19N3S2. The predicted molar refractivity (Wildman–Crippen MR) is 77.6 cm³/mol. The largest absolute Gasteiger partial charge is 0.373 e. The van der Waals surface area contributed by atoms with E-state index in [1.165, 1.54) is 17.0 Å². The lowest BCUT2D eigenvalue weighted by molar-refractivity contribution is 0.749. The average Bonchev–Trinajstić information content (AvgIpc) is 2.75. The highest BCUT2D eigenvalue weighted by Gasteiger charge is 2.18. The molecule has 0 aromatic carbocycles. The Morgan fingerprint density at radius 2 is 2.18 bits per heavy atom. The molecule has 0 amide bonds. The fraction of sp³-hybridized carbons (Fsp3) is 0.667. The van der Waals surface area contributed by atoms with Gasteiger partial charge in [0.15, 0.2) is 0 Å². The summed E-state index contributed by atoms with van der Waals surface area (Å²) in [5.41, 5.74) is 2.53. The first-order valence-electron chi connectivity index (χ1n) is 5.92. The van der Waals surface area contributed by atoms with E-state index in [0.717, 1.165) is 34.8 Å². The van der Waals surface area contributed by atoms with Crippen molar-refractivity contribution in [3.05, 3.63) is 17.1 Å². The highest BCUT2D eigenvalue weighted by Crippen LogP contribution is 2.33. The number of rotatable bonds is 5. The van der Waals surface area contributed by atoms with Crippen LogP contribution in [0, 0.1) is 5.92 Å². The summed E-state index contributed by atoms with van der Waals surface area (Å²) >= 11 is 3.84. The van der Waals surface area contributed by atoms with Crippen LogP contribution in [0.4, 0.5) is 5.82 Å². The van der Waals surface area contributed by atoms with Crippen LogP contribution in [0.25, 0.3) is 0 Å². The van der Waals surface area contributed by atoms with E-state index in [2.05, 4.69) is 29.1 Å². The summed E-state index contributed by atoms with van der Waals surface area (Å²) in [6.45, 7) is 4.48.